The van der Waals surface area contributed by atoms with E-state index in [1.807, 2.05) is 30.3 Å². The summed E-state index contributed by atoms with van der Waals surface area (Å²) in [7, 11) is 4.58. The summed E-state index contributed by atoms with van der Waals surface area (Å²) in [6.45, 7) is 0.636. The normalized spacial score (nSPS) is 9.95. The lowest BCUT2D eigenvalue weighted by molar-refractivity contribution is 0.0600. The first kappa shape index (κ1) is 15.7. The van der Waals surface area contributed by atoms with Gasteiger partial charge in [0.15, 0.2) is 11.5 Å². The zero-order valence-corrected chi connectivity index (χ0v) is 12.9. The maximum absolute atomic E-state index is 11.4. The van der Waals surface area contributed by atoms with Gasteiger partial charge in [-0.15, -0.1) is 0 Å². The fraction of sp³-hybridized carbons (Fsp3) is 0.235. The lowest BCUT2D eigenvalue weighted by atomic mass is 10.1. The summed E-state index contributed by atoms with van der Waals surface area (Å²) in [6.07, 6.45) is 0. The van der Waals surface area contributed by atoms with Crippen molar-refractivity contribution in [1.29, 1.82) is 0 Å². The van der Waals surface area contributed by atoms with Crippen molar-refractivity contribution in [2.24, 2.45) is 0 Å². The van der Waals surface area contributed by atoms with Crippen LogP contribution in [-0.4, -0.2) is 27.3 Å². The molecule has 0 radical (unpaired) electrons. The topological polar surface area (TPSA) is 56.8 Å². The molecule has 5 nitrogen and oxygen atoms in total. The van der Waals surface area contributed by atoms with E-state index >= 15 is 0 Å². The van der Waals surface area contributed by atoms with E-state index in [1.54, 1.807) is 26.4 Å². The average Bonchev–Trinajstić information content (AvgIpc) is 2.59. The zero-order chi connectivity index (χ0) is 15.9. The van der Waals surface area contributed by atoms with Gasteiger partial charge in [-0.1, -0.05) is 12.1 Å². The molecule has 1 N–H and O–H groups in total. The van der Waals surface area contributed by atoms with Crippen LogP contribution in [0.25, 0.3) is 0 Å². The smallest absolute Gasteiger partial charge is 0.337 e. The Kier molecular flexibility index (Phi) is 5.25. The number of methoxy groups -OCH3 is 3. The van der Waals surface area contributed by atoms with Crippen molar-refractivity contribution in [2.45, 2.75) is 6.54 Å². The third-order valence-electron chi connectivity index (χ3n) is 3.26. The van der Waals surface area contributed by atoms with Crippen molar-refractivity contribution in [3.63, 3.8) is 0 Å². The van der Waals surface area contributed by atoms with Crippen LogP contribution < -0.4 is 14.8 Å². The summed E-state index contributed by atoms with van der Waals surface area (Å²) >= 11 is 0. The molecule has 0 aromatic heterocycles. The van der Waals surface area contributed by atoms with Crippen LogP contribution in [0, 0.1) is 0 Å². The van der Waals surface area contributed by atoms with Gasteiger partial charge in [-0.05, 0) is 29.8 Å². The minimum absolute atomic E-state index is 0.334. The van der Waals surface area contributed by atoms with Gasteiger partial charge in [0.05, 0.1) is 26.9 Å². The fourth-order valence-electron chi connectivity index (χ4n) is 2.03. The standard InChI is InChI=1S/C17H19NO4/c1-20-15-9-8-14(10-16(15)21-2)18-11-12-4-6-13(7-5-12)17(19)22-3/h4-10,18H,11H2,1-3H3. The molecule has 116 valence electrons. The second-order valence-electron chi connectivity index (χ2n) is 4.61. The number of hydrogen-bond acceptors (Lipinski definition) is 5. The van der Waals surface area contributed by atoms with Crippen molar-refractivity contribution >= 4 is 11.7 Å². The Bertz CT molecular complexity index is 638. The number of hydrogen-bond donors (Lipinski definition) is 1. The van der Waals surface area contributed by atoms with Crippen molar-refractivity contribution in [3.05, 3.63) is 53.6 Å². The van der Waals surface area contributed by atoms with E-state index in [0.717, 1.165) is 11.3 Å². The highest BCUT2D eigenvalue weighted by molar-refractivity contribution is 5.89. The molecule has 0 aliphatic rings. The van der Waals surface area contributed by atoms with Gasteiger partial charge in [0, 0.05) is 18.3 Å². The number of esters is 1. The summed E-state index contributed by atoms with van der Waals surface area (Å²) in [6, 6.07) is 12.9. The molecule has 0 saturated carbocycles. The molecular formula is C17H19NO4. The van der Waals surface area contributed by atoms with Crippen LogP contribution >= 0.6 is 0 Å². The summed E-state index contributed by atoms with van der Waals surface area (Å²) < 4.78 is 15.1. The van der Waals surface area contributed by atoms with E-state index in [9.17, 15) is 4.79 Å². The lowest BCUT2D eigenvalue weighted by Crippen LogP contribution is -2.03. The molecule has 2 rings (SSSR count). The Hall–Kier alpha value is -2.69. The molecule has 0 heterocycles. The molecule has 0 bridgehead atoms. The van der Waals surface area contributed by atoms with Crippen LogP contribution in [0.1, 0.15) is 15.9 Å². The van der Waals surface area contributed by atoms with Crippen molar-refractivity contribution in [2.75, 3.05) is 26.6 Å². The number of rotatable bonds is 6. The van der Waals surface area contributed by atoms with Crippen LogP contribution in [-0.2, 0) is 11.3 Å². The minimum atomic E-state index is -0.334. The maximum Gasteiger partial charge on any atom is 0.337 e. The molecule has 0 atom stereocenters. The third kappa shape index (κ3) is 3.69. The van der Waals surface area contributed by atoms with E-state index in [0.29, 0.717) is 23.6 Å². The van der Waals surface area contributed by atoms with Crippen LogP contribution in [0.5, 0.6) is 11.5 Å². The summed E-state index contributed by atoms with van der Waals surface area (Å²) in [4.78, 5) is 11.4. The average molecular weight is 301 g/mol. The molecule has 2 aromatic rings. The Morgan fingerprint density at radius 1 is 0.955 bits per heavy atom. The SMILES string of the molecule is COC(=O)c1ccc(CNc2ccc(OC)c(OC)c2)cc1. The molecule has 2 aromatic carbocycles. The van der Waals surface area contributed by atoms with E-state index in [4.69, 9.17) is 9.47 Å². The fourth-order valence-corrected chi connectivity index (χ4v) is 2.03. The Morgan fingerprint density at radius 3 is 2.23 bits per heavy atom. The molecule has 0 amide bonds. The molecule has 0 unspecified atom stereocenters. The Balaban J connectivity index is 2.02. The number of carbonyl (C=O) groups excluding carboxylic acids is 1. The molecule has 0 fully saturated rings. The quantitative estimate of drug-likeness (QED) is 0.831. The maximum atomic E-state index is 11.4. The summed E-state index contributed by atoms with van der Waals surface area (Å²) in [5.74, 6) is 1.03. The predicted molar refractivity (Wildman–Crippen MR) is 84.7 cm³/mol. The molecule has 0 saturated heterocycles. The van der Waals surface area contributed by atoms with Crippen molar-refractivity contribution in [1.82, 2.24) is 0 Å². The van der Waals surface area contributed by atoms with Gasteiger partial charge in [-0.25, -0.2) is 4.79 Å². The summed E-state index contributed by atoms with van der Waals surface area (Å²) in [5.41, 5.74) is 2.52. The monoisotopic (exact) mass is 301 g/mol. The molecule has 0 spiro atoms. The molecule has 5 heteroatoms. The lowest BCUT2D eigenvalue weighted by Gasteiger charge is -2.11. The largest absolute Gasteiger partial charge is 0.493 e. The second-order valence-corrected chi connectivity index (χ2v) is 4.61. The van der Waals surface area contributed by atoms with Gasteiger partial charge in [0.1, 0.15) is 0 Å². The van der Waals surface area contributed by atoms with Crippen LogP contribution in [0.2, 0.25) is 0 Å². The van der Waals surface area contributed by atoms with Gasteiger partial charge in [-0.3, -0.25) is 0 Å². The van der Waals surface area contributed by atoms with E-state index in [1.165, 1.54) is 7.11 Å². The Labute approximate surface area is 129 Å². The highest BCUT2D eigenvalue weighted by Crippen LogP contribution is 2.29. The van der Waals surface area contributed by atoms with E-state index in [2.05, 4.69) is 10.1 Å². The number of carbonyl (C=O) groups is 1. The first-order chi connectivity index (χ1) is 10.7. The van der Waals surface area contributed by atoms with Crippen molar-refractivity contribution < 1.29 is 19.0 Å². The predicted octanol–water partition coefficient (Wildman–Crippen LogP) is 3.10. The third-order valence-corrected chi connectivity index (χ3v) is 3.26. The number of benzene rings is 2. The Morgan fingerprint density at radius 2 is 1.64 bits per heavy atom. The molecular weight excluding hydrogens is 282 g/mol. The number of nitrogens with one attached hydrogen (secondary N) is 1. The highest BCUT2D eigenvalue weighted by atomic mass is 16.5. The highest BCUT2D eigenvalue weighted by Gasteiger charge is 2.06. The van der Waals surface area contributed by atoms with Crippen molar-refractivity contribution in [3.8, 4) is 11.5 Å². The number of ether oxygens (including phenoxy) is 3. The van der Waals surface area contributed by atoms with Gasteiger partial charge in [-0.2, -0.15) is 0 Å². The van der Waals surface area contributed by atoms with Crippen LogP contribution in [0.15, 0.2) is 42.5 Å². The first-order valence-electron chi connectivity index (χ1n) is 6.81. The second kappa shape index (κ2) is 7.36. The van der Waals surface area contributed by atoms with Crippen LogP contribution in [0.3, 0.4) is 0 Å². The van der Waals surface area contributed by atoms with Gasteiger partial charge >= 0.3 is 5.97 Å². The number of anilines is 1. The summed E-state index contributed by atoms with van der Waals surface area (Å²) in [5, 5.41) is 3.30. The van der Waals surface area contributed by atoms with E-state index in [-0.39, 0.29) is 5.97 Å². The minimum Gasteiger partial charge on any atom is -0.493 e. The molecule has 0 aliphatic heterocycles. The first-order valence-corrected chi connectivity index (χ1v) is 6.81. The van der Waals surface area contributed by atoms with Gasteiger partial charge in [0.2, 0.25) is 0 Å². The van der Waals surface area contributed by atoms with Gasteiger partial charge in [0.25, 0.3) is 0 Å². The van der Waals surface area contributed by atoms with E-state index < -0.39 is 0 Å². The molecule has 22 heavy (non-hydrogen) atoms. The molecule has 0 aliphatic carbocycles. The van der Waals surface area contributed by atoms with Gasteiger partial charge < -0.3 is 19.5 Å². The zero-order valence-electron chi connectivity index (χ0n) is 12.9. The van der Waals surface area contributed by atoms with Crippen LogP contribution in [0.4, 0.5) is 5.69 Å².